The van der Waals surface area contributed by atoms with Crippen LogP contribution in [0.15, 0.2) is 24.3 Å². The number of nitrogens with one attached hydrogen (secondary N) is 1. The average molecular weight is 306 g/mol. The Morgan fingerprint density at radius 2 is 1.77 bits per heavy atom. The number of hydrogen-bond donors (Lipinski definition) is 2. The van der Waals surface area contributed by atoms with Crippen molar-refractivity contribution < 1.29 is 9.53 Å². The maximum atomic E-state index is 12.1. The van der Waals surface area contributed by atoms with Crippen molar-refractivity contribution in [1.82, 2.24) is 5.32 Å². The van der Waals surface area contributed by atoms with Gasteiger partial charge in [0.25, 0.3) is 0 Å². The number of benzene rings is 1. The van der Waals surface area contributed by atoms with Gasteiger partial charge in [0.15, 0.2) is 0 Å². The molecule has 0 saturated heterocycles. The van der Waals surface area contributed by atoms with Gasteiger partial charge in [0.1, 0.15) is 5.75 Å². The second-order valence-electron chi connectivity index (χ2n) is 6.66. The number of hydrogen-bond acceptors (Lipinski definition) is 3. The van der Waals surface area contributed by atoms with Crippen molar-refractivity contribution in [2.45, 2.75) is 46.6 Å². The molecule has 3 N–H and O–H groups in total. The Hall–Kier alpha value is -1.55. The van der Waals surface area contributed by atoms with Gasteiger partial charge < -0.3 is 15.8 Å². The molecule has 0 aromatic heterocycles. The van der Waals surface area contributed by atoms with Crippen molar-refractivity contribution in [3.8, 4) is 5.75 Å². The van der Waals surface area contributed by atoms with Crippen LogP contribution < -0.4 is 15.8 Å². The SMILES string of the molecule is CC(C)COc1ccc(CC(=O)NC(CN)CC(C)C)cc1. The average Bonchev–Trinajstić information content (AvgIpc) is 2.45. The molecule has 124 valence electrons. The summed E-state index contributed by atoms with van der Waals surface area (Å²) in [5.41, 5.74) is 6.69. The molecule has 0 fully saturated rings. The smallest absolute Gasteiger partial charge is 0.224 e. The van der Waals surface area contributed by atoms with Gasteiger partial charge >= 0.3 is 0 Å². The highest BCUT2D eigenvalue weighted by Gasteiger charge is 2.12. The Kier molecular flexibility index (Phi) is 7.96. The van der Waals surface area contributed by atoms with Gasteiger partial charge in [0.05, 0.1) is 13.0 Å². The maximum absolute atomic E-state index is 12.1. The summed E-state index contributed by atoms with van der Waals surface area (Å²) in [5.74, 6) is 1.88. The third kappa shape index (κ3) is 7.46. The molecule has 4 heteroatoms. The van der Waals surface area contributed by atoms with Crippen molar-refractivity contribution in [3.63, 3.8) is 0 Å². The summed E-state index contributed by atoms with van der Waals surface area (Å²) in [7, 11) is 0. The molecule has 0 spiro atoms. The summed E-state index contributed by atoms with van der Waals surface area (Å²) < 4.78 is 5.64. The molecule has 22 heavy (non-hydrogen) atoms. The highest BCUT2D eigenvalue weighted by molar-refractivity contribution is 5.78. The molecule has 1 rings (SSSR count). The third-order valence-electron chi connectivity index (χ3n) is 3.28. The first-order chi connectivity index (χ1) is 10.4. The van der Waals surface area contributed by atoms with Gasteiger partial charge in [-0.05, 0) is 36.0 Å². The van der Waals surface area contributed by atoms with Gasteiger partial charge in [-0.25, -0.2) is 0 Å². The quantitative estimate of drug-likeness (QED) is 0.737. The molecular formula is C18H30N2O2. The molecular weight excluding hydrogens is 276 g/mol. The van der Waals surface area contributed by atoms with Crippen LogP contribution in [0.1, 0.15) is 39.7 Å². The van der Waals surface area contributed by atoms with Gasteiger partial charge in [0.2, 0.25) is 5.91 Å². The fourth-order valence-electron chi connectivity index (χ4n) is 2.21. The zero-order valence-corrected chi connectivity index (χ0v) is 14.3. The molecule has 0 bridgehead atoms. The van der Waals surface area contributed by atoms with Crippen molar-refractivity contribution in [1.29, 1.82) is 0 Å². The predicted octanol–water partition coefficient (Wildman–Crippen LogP) is 2.75. The number of carbonyl (C=O) groups excluding carboxylic acids is 1. The normalized spacial score (nSPS) is 12.5. The van der Waals surface area contributed by atoms with Gasteiger partial charge in [-0.15, -0.1) is 0 Å². The summed E-state index contributed by atoms with van der Waals surface area (Å²) in [4.78, 5) is 12.1. The van der Waals surface area contributed by atoms with E-state index in [1.807, 2.05) is 24.3 Å². The van der Waals surface area contributed by atoms with E-state index >= 15 is 0 Å². The van der Waals surface area contributed by atoms with Crippen LogP contribution in [-0.4, -0.2) is 25.1 Å². The topological polar surface area (TPSA) is 64.3 Å². The van der Waals surface area contributed by atoms with E-state index < -0.39 is 0 Å². The van der Waals surface area contributed by atoms with Crippen LogP contribution >= 0.6 is 0 Å². The summed E-state index contributed by atoms with van der Waals surface area (Å²) in [6, 6.07) is 7.77. The zero-order chi connectivity index (χ0) is 16.5. The second kappa shape index (κ2) is 9.46. The number of rotatable bonds is 9. The third-order valence-corrected chi connectivity index (χ3v) is 3.28. The first-order valence-corrected chi connectivity index (χ1v) is 8.11. The van der Waals surface area contributed by atoms with Gasteiger partial charge in [0, 0.05) is 12.6 Å². The molecule has 1 atom stereocenters. The van der Waals surface area contributed by atoms with Crippen LogP contribution in [0.2, 0.25) is 0 Å². The van der Waals surface area contributed by atoms with E-state index in [1.165, 1.54) is 0 Å². The van der Waals surface area contributed by atoms with Crippen LogP contribution in [0.25, 0.3) is 0 Å². The van der Waals surface area contributed by atoms with E-state index in [4.69, 9.17) is 10.5 Å². The number of ether oxygens (including phenoxy) is 1. The van der Waals surface area contributed by atoms with Crippen LogP contribution in [0.5, 0.6) is 5.75 Å². The monoisotopic (exact) mass is 306 g/mol. The number of amides is 1. The predicted molar refractivity (Wildman–Crippen MR) is 90.9 cm³/mol. The standard InChI is InChI=1S/C18H30N2O2/c1-13(2)9-16(11-19)20-18(21)10-15-5-7-17(8-6-15)22-12-14(3)4/h5-8,13-14,16H,9-12,19H2,1-4H3,(H,20,21). The van der Waals surface area contributed by atoms with E-state index in [0.29, 0.717) is 31.4 Å². The van der Waals surface area contributed by atoms with Crippen LogP contribution in [0.3, 0.4) is 0 Å². The second-order valence-corrected chi connectivity index (χ2v) is 6.66. The molecule has 0 radical (unpaired) electrons. The van der Waals surface area contributed by atoms with Crippen LogP contribution in [0, 0.1) is 11.8 Å². The fraction of sp³-hybridized carbons (Fsp3) is 0.611. The molecule has 0 aliphatic carbocycles. The summed E-state index contributed by atoms with van der Waals surface area (Å²) in [5, 5.41) is 3.01. The van der Waals surface area contributed by atoms with Crippen molar-refractivity contribution in [3.05, 3.63) is 29.8 Å². The van der Waals surface area contributed by atoms with Crippen molar-refractivity contribution in [2.75, 3.05) is 13.2 Å². The van der Waals surface area contributed by atoms with E-state index in [-0.39, 0.29) is 11.9 Å². The minimum atomic E-state index is 0.0203. The first-order valence-electron chi connectivity index (χ1n) is 8.11. The Bertz CT molecular complexity index is 441. The van der Waals surface area contributed by atoms with Gasteiger partial charge in [-0.3, -0.25) is 4.79 Å². The zero-order valence-electron chi connectivity index (χ0n) is 14.3. The summed E-state index contributed by atoms with van der Waals surface area (Å²) >= 11 is 0. The van der Waals surface area contributed by atoms with E-state index in [1.54, 1.807) is 0 Å². The van der Waals surface area contributed by atoms with Gasteiger partial charge in [-0.1, -0.05) is 39.8 Å². The fourth-order valence-corrected chi connectivity index (χ4v) is 2.21. The molecule has 0 heterocycles. The molecule has 1 aromatic rings. The maximum Gasteiger partial charge on any atom is 0.224 e. The Morgan fingerprint density at radius 3 is 2.27 bits per heavy atom. The molecule has 0 aliphatic rings. The molecule has 4 nitrogen and oxygen atoms in total. The van der Waals surface area contributed by atoms with Crippen LogP contribution in [-0.2, 0) is 11.2 Å². The van der Waals surface area contributed by atoms with Crippen LogP contribution in [0.4, 0.5) is 0 Å². The largest absolute Gasteiger partial charge is 0.493 e. The van der Waals surface area contributed by atoms with E-state index in [9.17, 15) is 4.79 Å². The van der Waals surface area contributed by atoms with Crippen molar-refractivity contribution >= 4 is 5.91 Å². The van der Waals surface area contributed by atoms with Crippen molar-refractivity contribution in [2.24, 2.45) is 17.6 Å². The lowest BCUT2D eigenvalue weighted by atomic mass is 10.0. The lowest BCUT2D eigenvalue weighted by molar-refractivity contribution is -0.121. The minimum absolute atomic E-state index is 0.0203. The van der Waals surface area contributed by atoms with Gasteiger partial charge in [-0.2, -0.15) is 0 Å². The number of carbonyl (C=O) groups is 1. The Morgan fingerprint density at radius 1 is 1.14 bits per heavy atom. The molecule has 0 aliphatic heterocycles. The number of nitrogens with two attached hydrogens (primary N) is 1. The highest BCUT2D eigenvalue weighted by Crippen LogP contribution is 2.14. The highest BCUT2D eigenvalue weighted by atomic mass is 16.5. The molecule has 1 amide bonds. The minimum Gasteiger partial charge on any atom is -0.493 e. The Labute approximate surface area is 134 Å². The Balaban J connectivity index is 2.47. The first kappa shape index (κ1) is 18.5. The van der Waals surface area contributed by atoms with E-state index in [0.717, 1.165) is 17.7 Å². The summed E-state index contributed by atoms with van der Waals surface area (Å²) in [6.45, 7) is 9.67. The lowest BCUT2D eigenvalue weighted by Crippen LogP contribution is -2.41. The van der Waals surface area contributed by atoms with E-state index in [2.05, 4.69) is 33.0 Å². The molecule has 0 saturated carbocycles. The lowest BCUT2D eigenvalue weighted by Gasteiger charge is -2.18. The molecule has 1 aromatic carbocycles. The molecule has 1 unspecified atom stereocenters. The summed E-state index contributed by atoms with van der Waals surface area (Å²) in [6.07, 6.45) is 1.28.